The van der Waals surface area contributed by atoms with Crippen LogP contribution < -0.4 is 11.1 Å². The third-order valence-corrected chi connectivity index (χ3v) is 3.32. The average molecular weight is 281 g/mol. The highest BCUT2D eigenvalue weighted by Crippen LogP contribution is 2.17. The van der Waals surface area contributed by atoms with Crippen LogP contribution in [0.4, 0.5) is 15.8 Å². The van der Waals surface area contributed by atoms with Crippen molar-refractivity contribution < 1.29 is 9.18 Å². The minimum Gasteiger partial charge on any atom is -0.396 e. The SMILES string of the molecule is Cn1ncnc1SCC(=O)Nc1ccc(F)c(N)c1. The summed E-state index contributed by atoms with van der Waals surface area (Å²) in [6, 6.07) is 4.04. The first-order valence-electron chi connectivity index (χ1n) is 5.38. The molecule has 2 aromatic rings. The molecule has 2 rings (SSSR count). The Morgan fingerprint density at radius 1 is 1.58 bits per heavy atom. The maximum Gasteiger partial charge on any atom is 0.234 e. The van der Waals surface area contributed by atoms with Crippen LogP contribution >= 0.6 is 11.8 Å². The van der Waals surface area contributed by atoms with Crippen molar-refractivity contribution in [2.75, 3.05) is 16.8 Å². The number of nitrogens with zero attached hydrogens (tertiary/aromatic N) is 3. The Morgan fingerprint density at radius 3 is 3.00 bits per heavy atom. The summed E-state index contributed by atoms with van der Waals surface area (Å²) >= 11 is 1.26. The van der Waals surface area contributed by atoms with E-state index in [-0.39, 0.29) is 17.3 Å². The van der Waals surface area contributed by atoms with Crippen LogP contribution in [-0.2, 0) is 11.8 Å². The molecule has 0 aliphatic rings. The van der Waals surface area contributed by atoms with Crippen LogP contribution in [0, 0.1) is 5.82 Å². The molecule has 3 N–H and O–H groups in total. The van der Waals surface area contributed by atoms with Crippen molar-refractivity contribution in [3.8, 4) is 0 Å². The molecule has 0 bridgehead atoms. The largest absolute Gasteiger partial charge is 0.396 e. The molecule has 1 aromatic carbocycles. The molecule has 100 valence electrons. The van der Waals surface area contributed by atoms with Crippen molar-refractivity contribution in [2.24, 2.45) is 7.05 Å². The fourth-order valence-corrected chi connectivity index (χ4v) is 2.05. The van der Waals surface area contributed by atoms with Gasteiger partial charge in [-0.1, -0.05) is 11.8 Å². The van der Waals surface area contributed by atoms with Crippen molar-refractivity contribution in [1.82, 2.24) is 14.8 Å². The summed E-state index contributed by atoms with van der Waals surface area (Å²) in [4.78, 5) is 15.7. The van der Waals surface area contributed by atoms with E-state index in [9.17, 15) is 9.18 Å². The normalized spacial score (nSPS) is 10.4. The Kier molecular flexibility index (Phi) is 4.00. The smallest absolute Gasteiger partial charge is 0.234 e. The molecule has 1 aromatic heterocycles. The molecule has 0 saturated heterocycles. The fourth-order valence-electron chi connectivity index (χ4n) is 1.36. The summed E-state index contributed by atoms with van der Waals surface area (Å²) in [6.45, 7) is 0. The van der Waals surface area contributed by atoms with Crippen molar-refractivity contribution in [3.63, 3.8) is 0 Å². The summed E-state index contributed by atoms with van der Waals surface area (Å²) in [5, 5.41) is 7.17. The molecule has 0 atom stereocenters. The van der Waals surface area contributed by atoms with Gasteiger partial charge in [0.15, 0.2) is 5.16 Å². The lowest BCUT2D eigenvalue weighted by atomic mass is 10.2. The number of nitrogens with two attached hydrogens (primary N) is 1. The second-order valence-corrected chi connectivity index (χ2v) is 4.68. The van der Waals surface area contributed by atoms with Gasteiger partial charge in [0.05, 0.1) is 11.4 Å². The summed E-state index contributed by atoms with van der Waals surface area (Å²) in [6.07, 6.45) is 1.42. The van der Waals surface area contributed by atoms with Crippen molar-refractivity contribution in [2.45, 2.75) is 5.16 Å². The van der Waals surface area contributed by atoms with Crippen LogP contribution in [-0.4, -0.2) is 26.4 Å². The number of hydrogen-bond donors (Lipinski definition) is 2. The number of aryl methyl sites for hydroxylation is 1. The molecular weight excluding hydrogens is 269 g/mol. The van der Waals surface area contributed by atoms with Gasteiger partial charge in [-0.05, 0) is 18.2 Å². The predicted octanol–water partition coefficient (Wildman–Crippen LogP) is 1.27. The Hall–Kier alpha value is -2.09. The van der Waals surface area contributed by atoms with E-state index in [0.717, 1.165) is 0 Å². The third kappa shape index (κ3) is 3.44. The van der Waals surface area contributed by atoms with Gasteiger partial charge >= 0.3 is 0 Å². The van der Waals surface area contributed by atoms with E-state index < -0.39 is 5.82 Å². The number of rotatable bonds is 4. The second kappa shape index (κ2) is 5.70. The van der Waals surface area contributed by atoms with Gasteiger partial charge in [0, 0.05) is 12.7 Å². The first-order chi connectivity index (χ1) is 9.06. The number of amides is 1. The zero-order valence-corrected chi connectivity index (χ0v) is 10.9. The maximum atomic E-state index is 13.0. The molecule has 1 heterocycles. The fraction of sp³-hybridized carbons (Fsp3) is 0.182. The minimum absolute atomic E-state index is 0.00115. The Labute approximate surface area is 113 Å². The molecule has 0 spiro atoms. The second-order valence-electron chi connectivity index (χ2n) is 3.74. The lowest BCUT2D eigenvalue weighted by Gasteiger charge is -2.06. The lowest BCUT2D eigenvalue weighted by Crippen LogP contribution is -2.14. The molecule has 0 fully saturated rings. The number of benzene rings is 1. The number of carbonyl (C=O) groups is 1. The number of halogens is 1. The quantitative estimate of drug-likeness (QED) is 0.651. The zero-order valence-electron chi connectivity index (χ0n) is 10.1. The van der Waals surface area contributed by atoms with Gasteiger partial charge in [0.25, 0.3) is 0 Å². The zero-order chi connectivity index (χ0) is 13.8. The molecule has 1 amide bonds. The van der Waals surface area contributed by atoms with Gasteiger partial charge in [-0.3, -0.25) is 4.79 Å². The number of nitrogens with one attached hydrogen (secondary N) is 1. The van der Waals surface area contributed by atoms with Crippen LogP contribution in [0.2, 0.25) is 0 Å². The standard InChI is InChI=1S/C11H12FN5OS/c1-17-11(14-6-15-17)19-5-10(18)16-7-2-3-8(12)9(13)4-7/h2-4,6H,5,13H2,1H3,(H,16,18). The molecule has 0 aliphatic carbocycles. The van der Waals surface area contributed by atoms with E-state index in [1.54, 1.807) is 11.7 Å². The Balaban J connectivity index is 1.91. The van der Waals surface area contributed by atoms with Crippen LogP contribution in [0.25, 0.3) is 0 Å². The van der Waals surface area contributed by atoms with E-state index in [1.807, 2.05) is 0 Å². The van der Waals surface area contributed by atoms with Gasteiger partial charge in [0.2, 0.25) is 5.91 Å². The molecular formula is C11H12FN5OS. The van der Waals surface area contributed by atoms with E-state index in [0.29, 0.717) is 10.8 Å². The molecule has 0 unspecified atom stereocenters. The number of hydrogen-bond acceptors (Lipinski definition) is 5. The first-order valence-corrected chi connectivity index (χ1v) is 6.36. The van der Waals surface area contributed by atoms with E-state index in [2.05, 4.69) is 15.4 Å². The topological polar surface area (TPSA) is 85.8 Å². The van der Waals surface area contributed by atoms with Crippen molar-refractivity contribution in [1.29, 1.82) is 0 Å². The van der Waals surface area contributed by atoms with Gasteiger partial charge in [-0.25, -0.2) is 14.1 Å². The summed E-state index contributed by atoms with van der Waals surface area (Å²) in [7, 11) is 1.74. The average Bonchev–Trinajstić information content (AvgIpc) is 2.77. The van der Waals surface area contributed by atoms with Crippen LogP contribution in [0.1, 0.15) is 0 Å². The molecule has 19 heavy (non-hydrogen) atoms. The van der Waals surface area contributed by atoms with Gasteiger partial charge in [0.1, 0.15) is 12.1 Å². The molecule has 6 nitrogen and oxygen atoms in total. The highest BCUT2D eigenvalue weighted by Gasteiger charge is 2.08. The van der Waals surface area contributed by atoms with Crippen LogP contribution in [0.5, 0.6) is 0 Å². The molecule has 0 saturated carbocycles. The number of anilines is 2. The van der Waals surface area contributed by atoms with Crippen LogP contribution in [0.15, 0.2) is 29.7 Å². The maximum absolute atomic E-state index is 13.0. The highest BCUT2D eigenvalue weighted by molar-refractivity contribution is 7.99. The summed E-state index contributed by atoms with van der Waals surface area (Å²) in [5.74, 6) is -0.547. The predicted molar refractivity (Wildman–Crippen MR) is 71.2 cm³/mol. The van der Waals surface area contributed by atoms with Crippen molar-refractivity contribution in [3.05, 3.63) is 30.3 Å². The Morgan fingerprint density at radius 2 is 2.37 bits per heavy atom. The van der Waals surface area contributed by atoms with E-state index in [4.69, 9.17) is 5.73 Å². The number of nitrogen functional groups attached to an aromatic ring is 1. The minimum atomic E-state index is -0.508. The summed E-state index contributed by atoms with van der Waals surface area (Å²) in [5.41, 5.74) is 5.87. The third-order valence-electron chi connectivity index (χ3n) is 2.28. The molecule has 8 heteroatoms. The Bertz CT molecular complexity index is 601. The van der Waals surface area contributed by atoms with E-state index in [1.165, 1.54) is 36.3 Å². The molecule has 0 radical (unpaired) electrons. The van der Waals surface area contributed by atoms with Gasteiger partial charge in [-0.15, -0.1) is 0 Å². The number of aromatic nitrogens is 3. The van der Waals surface area contributed by atoms with E-state index >= 15 is 0 Å². The van der Waals surface area contributed by atoms with Crippen molar-refractivity contribution >= 4 is 29.0 Å². The van der Waals surface area contributed by atoms with Gasteiger partial charge < -0.3 is 11.1 Å². The summed E-state index contributed by atoms with van der Waals surface area (Å²) < 4.78 is 14.5. The van der Waals surface area contributed by atoms with Gasteiger partial charge in [-0.2, -0.15) is 5.10 Å². The number of thioether (sulfide) groups is 1. The first kappa shape index (κ1) is 13.3. The molecule has 0 aliphatic heterocycles. The highest BCUT2D eigenvalue weighted by atomic mass is 32.2. The monoisotopic (exact) mass is 281 g/mol. The lowest BCUT2D eigenvalue weighted by molar-refractivity contribution is -0.113. The van der Waals surface area contributed by atoms with Crippen LogP contribution in [0.3, 0.4) is 0 Å². The number of carbonyl (C=O) groups excluding carboxylic acids is 1.